The third-order valence-electron chi connectivity index (χ3n) is 3.81. The quantitative estimate of drug-likeness (QED) is 0.746. The van der Waals surface area contributed by atoms with Gasteiger partial charge in [0.1, 0.15) is 0 Å². The lowest BCUT2D eigenvalue weighted by Gasteiger charge is -2.29. The molecule has 0 radical (unpaired) electrons. The summed E-state index contributed by atoms with van der Waals surface area (Å²) in [7, 11) is -5.35. The number of nitrogens with zero attached hydrogens (tertiary/aromatic N) is 1. The monoisotopic (exact) mass is 385 g/mol. The summed E-state index contributed by atoms with van der Waals surface area (Å²) in [5, 5.41) is 0.578. The first-order chi connectivity index (χ1) is 9.70. The van der Waals surface area contributed by atoms with Gasteiger partial charge in [-0.3, -0.25) is 0 Å². The Hall–Kier alpha value is -0.760. The Morgan fingerprint density at radius 1 is 1.33 bits per heavy atom. The summed E-state index contributed by atoms with van der Waals surface area (Å²) in [4.78, 5) is 1.08. The molecule has 1 fully saturated rings. The van der Waals surface area contributed by atoms with E-state index in [1.807, 2.05) is 6.92 Å². The Kier molecular flexibility index (Phi) is 4.58. The molecule has 3 nitrogen and oxygen atoms in total. The SMILES string of the molecule is CC1CCN(c2ccccc2S(=O)(=O)C(F)(F)F)C1CBr. The molecule has 0 aliphatic carbocycles. The fraction of sp³-hybridized carbons (Fsp3) is 0.538. The molecule has 8 heteroatoms. The first kappa shape index (κ1) is 16.6. The van der Waals surface area contributed by atoms with Crippen molar-refractivity contribution in [3.05, 3.63) is 24.3 Å². The van der Waals surface area contributed by atoms with Gasteiger partial charge in [0, 0.05) is 17.9 Å². The Morgan fingerprint density at radius 3 is 2.52 bits per heavy atom. The molecule has 1 aliphatic heterocycles. The normalized spacial score (nSPS) is 23.6. The fourth-order valence-electron chi connectivity index (χ4n) is 2.59. The number of anilines is 1. The lowest BCUT2D eigenvalue weighted by molar-refractivity contribution is -0.0435. The zero-order valence-electron chi connectivity index (χ0n) is 11.3. The van der Waals surface area contributed by atoms with Gasteiger partial charge in [0.2, 0.25) is 0 Å². The number of hydrogen-bond acceptors (Lipinski definition) is 3. The molecule has 2 atom stereocenters. The smallest absolute Gasteiger partial charge is 0.366 e. The predicted molar refractivity (Wildman–Crippen MR) is 78.4 cm³/mol. The summed E-state index contributed by atoms with van der Waals surface area (Å²) < 4.78 is 62.0. The van der Waals surface area contributed by atoms with Crippen LogP contribution in [0, 0.1) is 5.92 Å². The van der Waals surface area contributed by atoms with E-state index in [-0.39, 0.29) is 17.6 Å². The summed E-state index contributed by atoms with van der Waals surface area (Å²) in [5.41, 5.74) is -5.16. The summed E-state index contributed by atoms with van der Waals surface area (Å²) in [6, 6.07) is 5.30. The Labute approximate surface area is 130 Å². The third kappa shape index (κ3) is 2.92. The van der Waals surface area contributed by atoms with E-state index in [1.54, 1.807) is 11.0 Å². The molecule has 1 saturated heterocycles. The van der Waals surface area contributed by atoms with Crippen molar-refractivity contribution in [2.75, 3.05) is 16.8 Å². The topological polar surface area (TPSA) is 37.4 Å². The van der Waals surface area contributed by atoms with Crippen molar-refractivity contribution in [1.29, 1.82) is 0 Å². The van der Waals surface area contributed by atoms with Crippen molar-refractivity contribution in [2.24, 2.45) is 5.92 Å². The van der Waals surface area contributed by atoms with E-state index in [1.165, 1.54) is 12.1 Å². The van der Waals surface area contributed by atoms with Gasteiger partial charge in [0.25, 0.3) is 9.84 Å². The molecular weight excluding hydrogens is 371 g/mol. The average Bonchev–Trinajstić information content (AvgIpc) is 2.78. The van der Waals surface area contributed by atoms with Crippen LogP contribution in [0.2, 0.25) is 0 Å². The van der Waals surface area contributed by atoms with Gasteiger partial charge in [-0.25, -0.2) is 8.42 Å². The number of para-hydroxylation sites is 1. The molecule has 1 aromatic rings. The van der Waals surface area contributed by atoms with Gasteiger partial charge < -0.3 is 4.90 Å². The fourth-order valence-corrected chi connectivity index (χ4v) is 4.54. The van der Waals surface area contributed by atoms with Crippen molar-refractivity contribution < 1.29 is 21.6 Å². The Balaban J connectivity index is 2.53. The Morgan fingerprint density at radius 2 is 1.95 bits per heavy atom. The number of hydrogen-bond donors (Lipinski definition) is 0. The van der Waals surface area contributed by atoms with E-state index >= 15 is 0 Å². The van der Waals surface area contributed by atoms with Crippen molar-refractivity contribution in [3.63, 3.8) is 0 Å². The van der Waals surface area contributed by atoms with Crippen LogP contribution in [0.1, 0.15) is 13.3 Å². The van der Waals surface area contributed by atoms with E-state index < -0.39 is 20.2 Å². The van der Waals surface area contributed by atoms with Gasteiger partial charge in [0.15, 0.2) is 0 Å². The summed E-state index contributed by atoms with van der Waals surface area (Å²) >= 11 is 3.36. The first-order valence-electron chi connectivity index (χ1n) is 6.43. The lowest BCUT2D eigenvalue weighted by Crippen LogP contribution is -2.35. The van der Waals surface area contributed by atoms with Gasteiger partial charge in [0.05, 0.1) is 10.6 Å². The molecule has 1 aliphatic rings. The number of halogens is 4. The van der Waals surface area contributed by atoms with Gasteiger partial charge in [-0.1, -0.05) is 35.0 Å². The standard InChI is InChI=1S/C13H15BrF3NO2S/c1-9-6-7-18(11(9)8-14)10-4-2-3-5-12(10)21(19,20)13(15,16)17/h2-5,9,11H,6-8H2,1H3. The molecule has 0 amide bonds. The van der Waals surface area contributed by atoms with Gasteiger partial charge in [-0.15, -0.1) is 0 Å². The number of sulfone groups is 1. The highest BCUT2D eigenvalue weighted by Gasteiger charge is 2.48. The summed E-state index contributed by atoms with van der Waals surface area (Å²) in [6.45, 7) is 2.55. The molecule has 0 saturated carbocycles. The maximum atomic E-state index is 12.8. The van der Waals surface area contributed by atoms with Crippen LogP contribution in [0.15, 0.2) is 29.2 Å². The maximum absolute atomic E-state index is 12.8. The van der Waals surface area contributed by atoms with Crippen molar-refractivity contribution >= 4 is 31.5 Å². The van der Waals surface area contributed by atoms with Crippen LogP contribution in [0.3, 0.4) is 0 Å². The van der Waals surface area contributed by atoms with Crippen LogP contribution in [-0.2, 0) is 9.84 Å². The van der Waals surface area contributed by atoms with Crippen LogP contribution in [0.5, 0.6) is 0 Å². The number of rotatable bonds is 3. The van der Waals surface area contributed by atoms with Crippen LogP contribution >= 0.6 is 15.9 Å². The highest BCUT2D eigenvalue weighted by atomic mass is 79.9. The highest BCUT2D eigenvalue weighted by Crippen LogP contribution is 2.39. The predicted octanol–water partition coefficient (Wildman–Crippen LogP) is 3.59. The Bertz CT molecular complexity index is 618. The largest absolute Gasteiger partial charge is 0.501 e. The summed E-state index contributed by atoms with van der Waals surface area (Å²) in [6.07, 6.45) is 0.816. The molecule has 1 heterocycles. The second-order valence-corrected chi connectivity index (χ2v) is 7.65. The van der Waals surface area contributed by atoms with Crippen LogP contribution < -0.4 is 4.90 Å². The van der Waals surface area contributed by atoms with E-state index in [4.69, 9.17) is 0 Å². The van der Waals surface area contributed by atoms with Crippen molar-refractivity contribution in [2.45, 2.75) is 29.8 Å². The molecule has 0 N–H and O–H groups in total. The summed E-state index contributed by atoms with van der Waals surface area (Å²) in [5.74, 6) is 0.283. The highest BCUT2D eigenvalue weighted by molar-refractivity contribution is 9.09. The zero-order chi connectivity index (χ0) is 15.8. The molecule has 2 unspecified atom stereocenters. The minimum absolute atomic E-state index is 0.0189. The molecule has 0 aromatic heterocycles. The number of benzene rings is 1. The molecule has 2 rings (SSSR count). The molecule has 118 valence electrons. The first-order valence-corrected chi connectivity index (χ1v) is 9.03. The minimum Gasteiger partial charge on any atom is -0.366 e. The molecular formula is C13H15BrF3NO2S. The average molecular weight is 386 g/mol. The van der Waals surface area contributed by atoms with E-state index in [0.717, 1.165) is 12.5 Å². The molecule has 1 aromatic carbocycles. The van der Waals surface area contributed by atoms with Gasteiger partial charge >= 0.3 is 5.51 Å². The minimum atomic E-state index is -5.35. The van der Waals surface area contributed by atoms with E-state index in [0.29, 0.717) is 11.9 Å². The second kappa shape index (κ2) is 5.79. The van der Waals surface area contributed by atoms with Crippen LogP contribution in [0.4, 0.5) is 18.9 Å². The third-order valence-corrected chi connectivity index (χ3v) is 6.01. The lowest BCUT2D eigenvalue weighted by atomic mass is 10.1. The second-order valence-electron chi connectivity index (χ2n) is 5.10. The molecule has 0 spiro atoms. The van der Waals surface area contributed by atoms with Crippen molar-refractivity contribution in [1.82, 2.24) is 0 Å². The van der Waals surface area contributed by atoms with Crippen LogP contribution in [0.25, 0.3) is 0 Å². The van der Waals surface area contributed by atoms with Gasteiger partial charge in [-0.2, -0.15) is 13.2 Å². The van der Waals surface area contributed by atoms with E-state index in [2.05, 4.69) is 15.9 Å². The van der Waals surface area contributed by atoms with Crippen LogP contribution in [-0.4, -0.2) is 31.8 Å². The molecule has 21 heavy (non-hydrogen) atoms. The van der Waals surface area contributed by atoms with Crippen molar-refractivity contribution in [3.8, 4) is 0 Å². The van der Waals surface area contributed by atoms with Gasteiger partial charge in [-0.05, 0) is 24.5 Å². The maximum Gasteiger partial charge on any atom is 0.501 e. The zero-order valence-corrected chi connectivity index (χ0v) is 13.7. The molecule has 0 bridgehead atoms. The van der Waals surface area contributed by atoms with E-state index in [9.17, 15) is 21.6 Å². The number of alkyl halides is 4.